The largest absolute Gasteiger partial charge is 0.464 e. The molecule has 0 aromatic carbocycles. The van der Waals surface area contributed by atoms with Gasteiger partial charge in [-0.1, -0.05) is 149 Å². The Morgan fingerprint density at radius 1 is 0.636 bits per heavy atom. The minimum absolute atomic E-state index is 0.191. The van der Waals surface area contributed by atoms with Crippen LogP contribution in [0.1, 0.15) is 187 Å². The fraction of sp³-hybridized carbons (Fsp3) is 0.838. The van der Waals surface area contributed by atoms with Crippen molar-refractivity contribution >= 4 is 17.8 Å². The second-order valence-corrected chi connectivity index (χ2v) is 12.7. The highest BCUT2D eigenvalue weighted by atomic mass is 16.5. The van der Waals surface area contributed by atoms with Crippen molar-refractivity contribution in [2.24, 2.45) is 0 Å². The summed E-state index contributed by atoms with van der Waals surface area (Å²) in [5.41, 5.74) is 0.707. The number of rotatable bonds is 30. The van der Waals surface area contributed by atoms with Crippen LogP contribution in [0.15, 0.2) is 12.5 Å². The number of H-pyrrole nitrogens is 1. The first kappa shape index (κ1) is 39.8. The number of carbonyl (C=O) groups excluding carboxylic acids is 3. The third-order valence-corrected chi connectivity index (χ3v) is 8.53. The molecular formula is C37H67N3O4. The van der Waals surface area contributed by atoms with Gasteiger partial charge in [-0.15, -0.1) is 0 Å². The first-order valence-corrected chi connectivity index (χ1v) is 18.5. The van der Waals surface area contributed by atoms with Gasteiger partial charge in [-0.3, -0.25) is 14.5 Å². The quantitative estimate of drug-likeness (QED) is 0.0685. The Morgan fingerprint density at radius 3 is 1.41 bits per heavy atom. The second-order valence-electron chi connectivity index (χ2n) is 12.7. The van der Waals surface area contributed by atoms with E-state index in [1.807, 2.05) is 6.92 Å². The van der Waals surface area contributed by atoms with Crippen LogP contribution in [0.3, 0.4) is 0 Å². The summed E-state index contributed by atoms with van der Waals surface area (Å²) < 4.78 is 5.49. The van der Waals surface area contributed by atoms with E-state index in [4.69, 9.17) is 4.74 Å². The van der Waals surface area contributed by atoms with E-state index in [0.717, 1.165) is 38.5 Å². The van der Waals surface area contributed by atoms with Gasteiger partial charge in [0.2, 0.25) is 11.8 Å². The molecular weight excluding hydrogens is 550 g/mol. The number of imide groups is 1. The molecule has 0 fully saturated rings. The standard InChI is InChI=1S/C37H67N3O4/c1-4-7-9-11-13-15-17-19-21-23-25-27-35(41)40(34(37(43)44-29-6-3)30-33-31-38-32-39-33)36(42)28-26-24-22-20-18-16-14-12-10-8-5-2/h31-32,34H,4-30H2,1-3H3,(H,38,39)/t34-/m0/s1. The van der Waals surface area contributed by atoms with Crippen LogP contribution >= 0.6 is 0 Å². The van der Waals surface area contributed by atoms with E-state index in [-0.39, 0.29) is 37.7 Å². The van der Waals surface area contributed by atoms with Crippen LogP contribution < -0.4 is 0 Å². The van der Waals surface area contributed by atoms with E-state index in [1.165, 1.54) is 108 Å². The van der Waals surface area contributed by atoms with Gasteiger partial charge in [0.15, 0.2) is 0 Å². The SMILES string of the molecule is CCCCCCCCCCCCCC(=O)N(C(=O)CCCCCCCCCCCCC)[C@@H](Cc1cnc[nH]1)C(=O)OCCC. The fourth-order valence-corrected chi connectivity index (χ4v) is 5.79. The molecule has 2 amide bonds. The minimum atomic E-state index is -0.970. The Morgan fingerprint density at radius 2 is 1.05 bits per heavy atom. The number of esters is 1. The molecule has 44 heavy (non-hydrogen) atoms. The van der Waals surface area contributed by atoms with Gasteiger partial charge in [-0.25, -0.2) is 9.78 Å². The van der Waals surface area contributed by atoms with Crippen molar-refractivity contribution in [3.05, 3.63) is 18.2 Å². The predicted octanol–water partition coefficient (Wildman–Crippen LogP) is 10.0. The van der Waals surface area contributed by atoms with Gasteiger partial charge in [0.05, 0.1) is 12.9 Å². The maximum Gasteiger partial charge on any atom is 0.329 e. The zero-order chi connectivity index (χ0) is 32.1. The fourth-order valence-electron chi connectivity index (χ4n) is 5.79. The molecule has 0 aliphatic carbocycles. The van der Waals surface area contributed by atoms with Gasteiger partial charge >= 0.3 is 5.97 Å². The van der Waals surface area contributed by atoms with Crippen LogP contribution in [0.2, 0.25) is 0 Å². The number of unbranched alkanes of at least 4 members (excludes halogenated alkanes) is 20. The Balaban J connectivity index is 2.62. The molecule has 7 heteroatoms. The van der Waals surface area contributed by atoms with Crippen LogP contribution in [-0.4, -0.2) is 45.3 Å². The molecule has 0 bridgehead atoms. The van der Waals surface area contributed by atoms with Crippen LogP contribution in [0.25, 0.3) is 0 Å². The van der Waals surface area contributed by atoms with Crippen molar-refractivity contribution in [2.75, 3.05) is 6.61 Å². The zero-order valence-corrected chi connectivity index (χ0v) is 28.9. The van der Waals surface area contributed by atoms with E-state index in [0.29, 0.717) is 12.1 Å². The Labute approximate surface area is 270 Å². The first-order valence-electron chi connectivity index (χ1n) is 18.5. The maximum absolute atomic E-state index is 13.6. The van der Waals surface area contributed by atoms with Crippen molar-refractivity contribution < 1.29 is 19.1 Å². The van der Waals surface area contributed by atoms with E-state index < -0.39 is 12.0 Å². The normalized spacial score (nSPS) is 11.9. The average Bonchev–Trinajstić information content (AvgIpc) is 3.54. The zero-order valence-electron chi connectivity index (χ0n) is 28.9. The van der Waals surface area contributed by atoms with E-state index in [1.54, 1.807) is 12.5 Å². The number of aromatic nitrogens is 2. The number of ether oxygens (including phenoxy) is 1. The lowest BCUT2D eigenvalue weighted by Crippen LogP contribution is -2.50. The summed E-state index contributed by atoms with van der Waals surface area (Å²) in [6.45, 7) is 6.70. The number of carbonyl (C=O) groups is 3. The molecule has 1 rings (SSSR count). The smallest absolute Gasteiger partial charge is 0.329 e. The molecule has 254 valence electrons. The molecule has 7 nitrogen and oxygen atoms in total. The van der Waals surface area contributed by atoms with Gasteiger partial charge in [0, 0.05) is 31.2 Å². The van der Waals surface area contributed by atoms with Crippen molar-refractivity contribution in [3.8, 4) is 0 Å². The number of hydrogen-bond donors (Lipinski definition) is 1. The number of nitrogens with one attached hydrogen (secondary N) is 1. The molecule has 1 atom stereocenters. The van der Waals surface area contributed by atoms with Gasteiger partial charge in [-0.2, -0.15) is 0 Å². The molecule has 0 saturated heterocycles. The average molecular weight is 618 g/mol. The molecule has 0 spiro atoms. The van der Waals surface area contributed by atoms with Crippen LogP contribution in [0.4, 0.5) is 0 Å². The maximum atomic E-state index is 13.6. The summed E-state index contributed by atoms with van der Waals surface area (Å²) in [6, 6.07) is -0.970. The highest BCUT2D eigenvalue weighted by Crippen LogP contribution is 2.18. The van der Waals surface area contributed by atoms with Crippen LogP contribution in [0, 0.1) is 0 Å². The number of nitrogens with zero attached hydrogens (tertiary/aromatic N) is 2. The lowest BCUT2D eigenvalue weighted by Gasteiger charge is -2.29. The third-order valence-electron chi connectivity index (χ3n) is 8.53. The Kier molecular flexibility index (Phi) is 25.6. The molecule has 1 aromatic rings. The van der Waals surface area contributed by atoms with Crippen molar-refractivity contribution in [2.45, 2.75) is 194 Å². The Bertz CT molecular complexity index is 789. The van der Waals surface area contributed by atoms with Crippen LogP contribution in [-0.2, 0) is 25.5 Å². The molecule has 0 aliphatic heterocycles. The lowest BCUT2D eigenvalue weighted by molar-refractivity contribution is -0.161. The second kappa shape index (κ2) is 28.3. The number of aromatic amines is 1. The topological polar surface area (TPSA) is 92.4 Å². The minimum Gasteiger partial charge on any atom is -0.464 e. The molecule has 0 aliphatic rings. The molecule has 1 N–H and O–H groups in total. The van der Waals surface area contributed by atoms with E-state index in [9.17, 15) is 14.4 Å². The van der Waals surface area contributed by atoms with Gasteiger partial charge < -0.3 is 9.72 Å². The van der Waals surface area contributed by atoms with E-state index in [2.05, 4.69) is 23.8 Å². The summed E-state index contributed by atoms with van der Waals surface area (Å²) in [4.78, 5) is 48.7. The molecule has 1 heterocycles. The lowest BCUT2D eigenvalue weighted by atomic mass is 10.0. The third kappa shape index (κ3) is 20.0. The molecule has 0 unspecified atom stereocenters. The van der Waals surface area contributed by atoms with Crippen molar-refractivity contribution in [1.29, 1.82) is 0 Å². The number of amides is 2. The highest BCUT2D eigenvalue weighted by molar-refractivity contribution is 5.99. The van der Waals surface area contributed by atoms with Gasteiger partial charge in [-0.05, 0) is 19.3 Å². The first-order chi connectivity index (χ1) is 21.5. The predicted molar refractivity (Wildman–Crippen MR) is 181 cm³/mol. The summed E-state index contributed by atoms with van der Waals surface area (Å²) in [5.74, 6) is -1.03. The molecule has 1 aromatic heterocycles. The summed E-state index contributed by atoms with van der Waals surface area (Å²) in [7, 11) is 0. The van der Waals surface area contributed by atoms with Gasteiger partial charge in [0.1, 0.15) is 6.04 Å². The van der Waals surface area contributed by atoms with Crippen molar-refractivity contribution in [3.63, 3.8) is 0 Å². The molecule has 0 saturated carbocycles. The van der Waals surface area contributed by atoms with Crippen LogP contribution in [0.5, 0.6) is 0 Å². The number of imidazole rings is 1. The van der Waals surface area contributed by atoms with E-state index >= 15 is 0 Å². The van der Waals surface area contributed by atoms with Crippen molar-refractivity contribution in [1.82, 2.24) is 14.9 Å². The van der Waals surface area contributed by atoms with Gasteiger partial charge in [0.25, 0.3) is 0 Å². The number of hydrogen-bond acceptors (Lipinski definition) is 5. The highest BCUT2D eigenvalue weighted by Gasteiger charge is 2.35. The molecule has 0 radical (unpaired) electrons. The summed E-state index contributed by atoms with van der Waals surface area (Å²) in [6.07, 6.45) is 30.9. The summed E-state index contributed by atoms with van der Waals surface area (Å²) >= 11 is 0. The Hall–Kier alpha value is -2.18. The summed E-state index contributed by atoms with van der Waals surface area (Å²) in [5, 5.41) is 0. The monoisotopic (exact) mass is 618 g/mol.